The molecular weight excluding hydrogens is 400 g/mol. The molecule has 2 aromatic heterocycles. The van der Waals surface area contributed by atoms with Gasteiger partial charge in [0.15, 0.2) is 4.67 Å². The average molecular weight is 414 g/mol. The number of furan rings is 1. The van der Waals surface area contributed by atoms with Crippen molar-refractivity contribution >= 4 is 48.9 Å². The summed E-state index contributed by atoms with van der Waals surface area (Å²) in [5, 5.41) is 2.90. The van der Waals surface area contributed by atoms with Crippen LogP contribution in [0.15, 0.2) is 32.2 Å². The third-order valence-corrected chi connectivity index (χ3v) is 6.25. The van der Waals surface area contributed by atoms with Gasteiger partial charge >= 0.3 is 0 Å². The van der Waals surface area contributed by atoms with Crippen LogP contribution in [0.1, 0.15) is 10.6 Å². The molecular formula is C12H14BrClN2O3S2. The lowest BCUT2D eigenvalue weighted by Gasteiger charge is -2.03. The second-order valence-electron chi connectivity index (χ2n) is 4.23. The fourth-order valence-electron chi connectivity index (χ4n) is 1.71. The molecule has 2 N–H and O–H groups in total. The Bertz CT molecular complexity index is 712. The van der Waals surface area contributed by atoms with Crippen LogP contribution in [-0.2, 0) is 23.0 Å². The first kappa shape index (κ1) is 17.0. The van der Waals surface area contributed by atoms with E-state index in [1.807, 2.05) is 6.07 Å². The maximum atomic E-state index is 12.2. The van der Waals surface area contributed by atoms with Crippen molar-refractivity contribution in [3.8, 4) is 0 Å². The Morgan fingerprint density at radius 2 is 2.19 bits per heavy atom. The predicted molar refractivity (Wildman–Crippen MR) is 87.4 cm³/mol. The summed E-state index contributed by atoms with van der Waals surface area (Å²) in [5.74, 6) is 0.551. The maximum absolute atomic E-state index is 12.2. The van der Waals surface area contributed by atoms with Crippen LogP contribution in [0.25, 0.3) is 0 Å². The monoisotopic (exact) mass is 412 g/mol. The highest BCUT2D eigenvalue weighted by Crippen LogP contribution is 2.26. The van der Waals surface area contributed by atoms with E-state index in [2.05, 4.69) is 26.0 Å². The van der Waals surface area contributed by atoms with Crippen LogP contribution in [-0.4, -0.2) is 22.0 Å². The second-order valence-corrected chi connectivity index (χ2v) is 8.49. The molecule has 0 aliphatic heterocycles. The standard InChI is InChI=1S/C12H14BrClN2O3S2/c1-15-7-8-6-10(12(13)19-8)21(17,18)16-5-4-9-2-3-11(14)20-9/h2-3,6,15-16H,4-5,7H2,1H3. The average Bonchev–Trinajstić information content (AvgIpc) is 2.96. The minimum atomic E-state index is -3.60. The SMILES string of the molecule is CNCc1cc(S(=O)(=O)NCCc2ccc(Cl)s2)c(Br)o1. The second kappa shape index (κ2) is 7.26. The molecule has 2 rings (SSSR count). The number of rotatable bonds is 7. The van der Waals surface area contributed by atoms with E-state index in [-0.39, 0.29) is 9.56 Å². The Morgan fingerprint density at radius 1 is 1.43 bits per heavy atom. The molecule has 5 nitrogen and oxygen atoms in total. The van der Waals surface area contributed by atoms with Gasteiger partial charge in [0.2, 0.25) is 10.0 Å². The Balaban J connectivity index is 2.01. The van der Waals surface area contributed by atoms with Crippen LogP contribution >= 0.6 is 38.9 Å². The van der Waals surface area contributed by atoms with E-state index in [0.717, 1.165) is 4.88 Å². The number of hydrogen-bond donors (Lipinski definition) is 2. The van der Waals surface area contributed by atoms with Crippen molar-refractivity contribution in [2.45, 2.75) is 17.9 Å². The van der Waals surface area contributed by atoms with Crippen molar-refractivity contribution < 1.29 is 12.8 Å². The van der Waals surface area contributed by atoms with Gasteiger partial charge in [-0.3, -0.25) is 0 Å². The summed E-state index contributed by atoms with van der Waals surface area (Å²) >= 11 is 10.4. The molecule has 0 atom stereocenters. The van der Waals surface area contributed by atoms with Gasteiger partial charge in [-0.2, -0.15) is 0 Å². The molecule has 0 bridgehead atoms. The summed E-state index contributed by atoms with van der Waals surface area (Å²) in [4.78, 5) is 1.14. The fraction of sp³-hybridized carbons (Fsp3) is 0.333. The lowest BCUT2D eigenvalue weighted by Crippen LogP contribution is -2.25. The number of sulfonamides is 1. The van der Waals surface area contributed by atoms with Gasteiger partial charge in [0.05, 0.1) is 10.9 Å². The predicted octanol–water partition coefficient (Wildman–Crippen LogP) is 3.00. The van der Waals surface area contributed by atoms with Crippen molar-refractivity contribution in [1.82, 2.24) is 10.0 Å². The van der Waals surface area contributed by atoms with E-state index in [1.54, 1.807) is 13.1 Å². The first-order chi connectivity index (χ1) is 9.92. The number of hydrogen-bond acceptors (Lipinski definition) is 5. The third kappa shape index (κ3) is 4.54. The topological polar surface area (TPSA) is 71.3 Å². The van der Waals surface area contributed by atoms with Crippen molar-refractivity contribution in [2.24, 2.45) is 0 Å². The normalized spacial score (nSPS) is 12.0. The molecule has 0 aliphatic rings. The van der Waals surface area contributed by atoms with Crippen LogP contribution < -0.4 is 10.0 Å². The number of nitrogens with one attached hydrogen (secondary N) is 2. The molecule has 0 aliphatic carbocycles. The Hall–Kier alpha value is -0.380. The number of halogens is 2. The van der Waals surface area contributed by atoms with E-state index in [0.29, 0.717) is 29.6 Å². The zero-order valence-corrected chi connectivity index (χ0v) is 15.1. The van der Waals surface area contributed by atoms with Gasteiger partial charge < -0.3 is 9.73 Å². The molecule has 0 fully saturated rings. The molecule has 0 unspecified atom stereocenters. The van der Waals surface area contributed by atoms with Crippen LogP contribution in [0, 0.1) is 0 Å². The molecule has 0 radical (unpaired) electrons. The summed E-state index contributed by atoms with van der Waals surface area (Å²) < 4.78 is 33.2. The van der Waals surface area contributed by atoms with E-state index in [9.17, 15) is 8.42 Å². The fourth-order valence-corrected chi connectivity index (χ4v) is 4.83. The van der Waals surface area contributed by atoms with Gasteiger partial charge in [0.25, 0.3) is 0 Å². The van der Waals surface area contributed by atoms with Crippen molar-refractivity contribution in [1.29, 1.82) is 0 Å². The van der Waals surface area contributed by atoms with Gasteiger partial charge in [-0.25, -0.2) is 13.1 Å². The molecule has 116 valence electrons. The minimum Gasteiger partial charge on any atom is -0.452 e. The Morgan fingerprint density at radius 3 is 2.81 bits per heavy atom. The van der Waals surface area contributed by atoms with Gasteiger partial charge in [-0.15, -0.1) is 11.3 Å². The molecule has 0 amide bonds. The molecule has 0 saturated carbocycles. The smallest absolute Gasteiger partial charge is 0.244 e. The van der Waals surface area contributed by atoms with Crippen LogP contribution in [0.2, 0.25) is 4.34 Å². The molecule has 9 heteroatoms. The summed E-state index contributed by atoms with van der Waals surface area (Å²) in [5.41, 5.74) is 0. The lowest BCUT2D eigenvalue weighted by atomic mass is 10.3. The lowest BCUT2D eigenvalue weighted by molar-refractivity contribution is 0.470. The molecule has 0 spiro atoms. The Labute approximate surface area is 140 Å². The summed E-state index contributed by atoms with van der Waals surface area (Å²) in [6.45, 7) is 0.764. The summed E-state index contributed by atoms with van der Waals surface area (Å²) in [6.07, 6.45) is 0.593. The van der Waals surface area contributed by atoms with Gasteiger partial charge in [0, 0.05) is 17.5 Å². The molecule has 0 aromatic carbocycles. The largest absolute Gasteiger partial charge is 0.452 e. The number of thiophene rings is 1. The zero-order valence-electron chi connectivity index (χ0n) is 11.2. The van der Waals surface area contributed by atoms with Crippen molar-refractivity contribution in [2.75, 3.05) is 13.6 Å². The molecule has 21 heavy (non-hydrogen) atoms. The molecule has 2 heterocycles. The highest BCUT2D eigenvalue weighted by molar-refractivity contribution is 9.10. The Kier molecular flexibility index (Phi) is 5.87. The van der Waals surface area contributed by atoms with E-state index < -0.39 is 10.0 Å². The van der Waals surface area contributed by atoms with Crippen LogP contribution in [0.3, 0.4) is 0 Å². The van der Waals surface area contributed by atoms with E-state index >= 15 is 0 Å². The van der Waals surface area contributed by atoms with Gasteiger partial charge in [-0.1, -0.05) is 11.6 Å². The van der Waals surface area contributed by atoms with E-state index in [4.69, 9.17) is 16.0 Å². The third-order valence-electron chi connectivity index (χ3n) is 2.64. The van der Waals surface area contributed by atoms with Crippen LogP contribution in [0.4, 0.5) is 0 Å². The minimum absolute atomic E-state index is 0.108. The maximum Gasteiger partial charge on any atom is 0.244 e. The van der Waals surface area contributed by atoms with Crippen LogP contribution in [0.5, 0.6) is 0 Å². The first-order valence-electron chi connectivity index (χ1n) is 6.09. The zero-order chi connectivity index (χ0) is 15.5. The van der Waals surface area contributed by atoms with Gasteiger partial charge in [0.1, 0.15) is 10.7 Å². The van der Waals surface area contributed by atoms with E-state index in [1.165, 1.54) is 17.4 Å². The highest BCUT2D eigenvalue weighted by atomic mass is 79.9. The summed E-state index contributed by atoms with van der Waals surface area (Å²) in [6, 6.07) is 5.19. The van der Waals surface area contributed by atoms with Crippen molar-refractivity contribution in [3.63, 3.8) is 0 Å². The quantitative estimate of drug-likeness (QED) is 0.732. The van der Waals surface area contributed by atoms with Crippen molar-refractivity contribution in [3.05, 3.63) is 37.8 Å². The summed E-state index contributed by atoms with van der Waals surface area (Å²) in [7, 11) is -1.84. The molecule has 0 saturated heterocycles. The molecule has 2 aromatic rings. The van der Waals surface area contributed by atoms with Gasteiger partial charge in [-0.05, 0) is 41.5 Å². The first-order valence-corrected chi connectivity index (χ1v) is 9.56. The highest BCUT2D eigenvalue weighted by Gasteiger charge is 2.21.